The van der Waals surface area contributed by atoms with Crippen LogP contribution in [0.5, 0.6) is 0 Å². The Morgan fingerprint density at radius 1 is 1.47 bits per heavy atom. The van der Waals surface area contributed by atoms with Gasteiger partial charge < -0.3 is 4.74 Å². The summed E-state index contributed by atoms with van der Waals surface area (Å²) in [4.78, 5) is 28.8. The van der Waals surface area contributed by atoms with E-state index in [2.05, 4.69) is 4.98 Å². The van der Waals surface area contributed by atoms with Crippen molar-refractivity contribution in [1.82, 2.24) is 9.55 Å². The molecule has 0 N–H and O–H groups in total. The van der Waals surface area contributed by atoms with Gasteiger partial charge in [0, 0.05) is 6.42 Å². The van der Waals surface area contributed by atoms with Crippen LogP contribution in [0.1, 0.15) is 25.2 Å². The molecule has 0 saturated heterocycles. The van der Waals surface area contributed by atoms with Crippen molar-refractivity contribution in [3.63, 3.8) is 0 Å². The third-order valence-electron chi connectivity index (χ3n) is 3.39. The van der Waals surface area contributed by atoms with E-state index in [0.29, 0.717) is 36.2 Å². The third kappa shape index (κ3) is 1.82. The van der Waals surface area contributed by atoms with Gasteiger partial charge in [-0.2, -0.15) is 0 Å². The maximum absolute atomic E-state index is 12.5. The second kappa shape index (κ2) is 4.50. The lowest BCUT2D eigenvalue weighted by Crippen LogP contribution is -2.29. The Bertz CT molecular complexity index is 705. The first-order chi connectivity index (χ1) is 9.22. The standard InChI is InChI=1S/C14H14N2O3/c1-2-19-14(18)11-7-8-12-15-10-6-4-3-5-9(10)13(17)16(11)12/h3-6,11H,2,7-8H2,1H3/t11-/m1/s1. The fourth-order valence-corrected chi connectivity index (χ4v) is 2.55. The highest BCUT2D eigenvalue weighted by molar-refractivity contribution is 5.79. The van der Waals surface area contributed by atoms with E-state index in [1.807, 2.05) is 12.1 Å². The lowest BCUT2D eigenvalue weighted by atomic mass is 10.2. The molecule has 2 aromatic rings. The molecule has 3 rings (SSSR count). The number of nitrogens with zero attached hydrogens (tertiary/aromatic N) is 2. The second-order valence-electron chi connectivity index (χ2n) is 4.53. The van der Waals surface area contributed by atoms with Gasteiger partial charge in [0.05, 0.1) is 17.5 Å². The van der Waals surface area contributed by atoms with E-state index in [1.165, 1.54) is 4.57 Å². The van der Waals surface area contributed by atoms with E-state index < -0.39 is 6.04 Å². The van der Waals surface area contributed by atoms with Gasteiger partial charge >= 0.3 is 5.97 Å². The Morgan fingerprint density at radius 2 is 2.26 bits per heavy atom. The minimum atomic E-state index is -0.528. The normalized spacial score (nSPS) is 17.4. The molecule has 1 aromatic carbocycles. The number of benzene rings is 1. The van der Waals surface area contributed by atoms with Crippen LogP contribution >= 0.6 is 0 Å². The largest absolute Gasteiger partial charge is 0.464 e. The van der Waals surface area contributed by atoms with E-state index in [0.717, 1.165) is 0 Å². The molecular weight excluding hydrogens is 244 g/mol. The van der Waals surface area contributed by atoms with Crippen molar-refractivity contribution in [2.75, 3.05) is 6.61 Å². The van der Waals surface area contributed by atoms with Crippen LogP contribution < -0.4 is 5.56 Å². The van der Waals surface area contributed by atoms with Crippen molar-refractivity contribution < 1.29 is 9.53 Å². The van der Waals surface area contributed by atoms with Gasteiger partial charge in [-0.1, -0.05) is 12.1 Å². The summed E-state index contributed by atoms with van der Waals surface area (Å²) >= 11 is 0. The maximum atomic E-state index is 12.5. The molecule has 0 saturated carbocycles. The number of carbonyl (C=O) groups is 1. The topological polar surface area (TPSA) is 61.2 Å². The number of rotatable bonds is 2. The SMILES string of the molecule is CCOC(=O)[C@H]1CCc2nc3ccccc3c(=O)n21. The van der Waals surface area contributed by atoms with Crippen LogP contribution in [-0.2, 0) is 16.0 Å². The van der Waals surface area contributed by atoms with Crippen molar-refractivity contribution in [2.45, 2.75) is 25.8 Å². The van der Waals surface area contributed by atoms with Gasteiger partial charge in [0.1, 0.15) is 11.9 Å². The molecule has 1 aromatic heterocycles. The summed E-state index contributed by atoms with van der Waals surface area (Å²) in [6.07, 6.45) is 1.21. The number of para-hydroxylation sites is 1. The Balaban J connectivity index is 2.18. The smallest absolute Gasteiger partial charge is 0.329 e. The van der Waals surface area contributed by atoms with Gasteiger partial charge in [-0.3, -0.25) is 9.36 Å². The summed E-state index contributed by atoms with van der Waals surface area (Å²) in [6.45, 7) is 2.08. The number of aromatic nitrogens is 2. The van der Waals surface area contributed by atoms with E-state index in [4.69, 9.17) is 4.74 Å². The number of hydrogen-bond donors (Lipinski definition) is 0. The highest BCUT2D eigenvalue weighted by Gasteiger charge is 2.31. The molecular formula is C14H14N2O3. The van der Waals surface area contributed by atoms with E-state index in [-0.39, 0.29) is 11.5 Å². The molecule has 0 aliphatic carbocycles. The maximum Gasteiger partial charge on any atom is 0.329 e. The van der Waals surface area contributed by atoms with Crippen LogP contribution in [0.15, 0.2) is 29.1 Å². The fourth-order valence-electron chi connectivity index (χ4n) is 2.55. The highest BCUT2D eigenvalue weighted by Crippen LogP contribution is 2.25. The van der Waals surface area contributed by atoms with E-state index >= 15 is 0 Å². The second-order valence-corrected chi connectivity index (χ2v) is 4.53. The Hall–Kier alpha value is -2.17. The van der Waals surface area contributed by atoms with Crippen LogP contribution in [0, 0.1) is 0 Å². The molecule has 1 atom stereocenters. The summed E-state index contributed by atoms with van der Waals surface area (Å²) in [7, 11) is 0. The molecule has 19 heavy (non-hydrogen) atoms. The number of carbonyl (C=O) groups excluding carboxylic acids is 1. The molecule has 0 unspecified atom stereocenters. The number of hydrogen-bond acceptors (Lipinski definition) is 4. The third-order valence-corrected chi connectivity index (χ3v) is 3.39. The molecule has 0 spiro atoms. The molecule has 1 aliphatic heterocycles. The zero-order valence-electron chi connectivity index (χ0n) is 10.6. The van der Waals surface area contributed by atoms with Crippen molar-refractivity contribution in [3.05, 3.63) is 40.4 Å². The van der Waals surface area contributed by atoms with Crippen LogP contribution in [-0.4, -0.2) is 22.1 Å². The van der Waals surface area contributed by atoms with Gasteiger partial charge in [-0.15, -0.1) is 0 Å². The lowest BCUT2D eigenvalue weighted by molar-refractivity contribution is -0.147. The van der Waals surface area contributed by atoms with Crippen molar-refractivity contribution >= 4 is 16.9 Å². The minimum absolute atomic E-state index is 0.156. The summed E-state index contributed by atoms with van der Waals surface area (Å²) in [5, 5.41) is 0.544. The monoisotopic (exact) mass is 258 g/mol. The fraction of sp³-hybridized carbons (Fsp3) is 0.357. The van der Waals surface area contributed by atoms with E-state index in [1.54, 1.807) is 19.1 Å². The minimum Gasteiger partial charge on any atom is -0.464 e. The van der Waals surface area contributed by atoms with E-state index in [9.17, 15) is 9.59 Å². The lowest BCUT2D eigenvalue weighted by Gasteiger charge is -2.13. The van der Waals surface area contributed by atoms with Crippen molar-refractivity contribution in [3.8, 4) is 0 Å². The van der Waals surface area contributed by atoms with Crippen LogP contribution in [0.2, 0.25) is 0 Å². The first-order valence-electron chi connectivity index (χ1n) is 6.39. The van der Waals surface area contributed by atoms with Crippen LogP contribution in [0.25, 0.3) is 10.9 Å². The first kappa shape index (κ1) is 11.9. The number of esters is 1. The number of aryl methyl sites for hydroxylation is 1. The zero-order valence-corrected chi connectivity index (χ0v) is 10.6. The van der Waals surface area contributed by atoms with Gasteiger partial charge in [-0.05, 0) is 25.5 Å². The first-order valence-corrected chi connectivity index (χ1v) is 6.39. The summed E-state index contributed by atoms with van der Waals surface area (Å²) in [5.74, 6) is 0.321. The molecule has 2 heterocycles. The molecule has 0 fully saturated rings. The summed E-state index contributed by atoms with van der Waals surface area (Å²) in [5.41, 5.74) is 0.527. The molecule has 0 bridgehead atoms. The predicted molar refractivity (Wildman–Crippen MR) is 70.0 cm³/mol. The molecule has 98 valence electrons. The molecule has 0 amide bonds. The summed E-state index contributed by atoms with van der Waals surface area (Å²) < 4.78 is 6.51. The summed E-state index contributed by atoms with van der Waals surface area (Å²) in [6, 6.07) is 6.67. The average Bonchev–Trinajstić information content (AvgIpc) is 2.83. The van der Waals surface area contributed by atoms with Gasteiger partial charge in [0.2, 0.25) is 0 Å². The number of fused-ring (bicyclic) bond motifs is 2. The van der Waals surface area contributed by atoms with Gasteiger partial charge in [-0.25, -0.2) is 9.78 Å². The predicted octanol–water partition coefficient (Wildman–Crippen LogP) is 1.45. The van der Waals surface area contributed by atoms with Crippen LogP contribution in [0.4, 0.5) is 0 Å². The quantitative estimate of drug-likeness (QED) is 0.765. The number of ether oxygens (including phenoxy) is 1. The van der Waals surface area contributed by atoms with Gasteiger partial charge in [0.15, 0.2) is 0 Å². The molecule has 0 radical (unpaired) electrons. The highest BCUT2D eigenvalue weighted by atomic mass is 16.5. The zero-order chi connectivity index (χ0) is 13.4. The molecule has 5 heteroatoms. The van der Waals surface area contributed by atoms with Gasteiger partial charge in [0.25, 0.3) is 5.56 Å². The van der Waals surface area contributed by atoms with Crippen molar-refractivity contribution in [1.29, 1.82) is 0 Å². The Labute approximate surface area is 109 Å². The van der Waals surface area contributed by atoms with Crippen molar-refractivity contribution in [2.24, 2.45) is 0 Å². The molecule has 1 aliphatic rings. The average molecular weight is 258 g/mol. The Kier molecular flexibility index (Phi) is 2.81. The Morgan fingerprint density at radius 3 is 3.05 bits per heavy atom. The molecule has 5 nitrogen and oxygen atoms in total. The van der Waals surface area contributed by atoms with Crippen LogP contribution in [0.3, 0.4) is 0 Å².